The fourth-order valence-corrected chi connectivity index (χ4v) is 4.07. The molecule has 0 spiro atoms. The predicted molar refractivity (Wildman–Crippen MR) is 114 cm³/mol. The quantitative estimate of drug-likeness (QED) is 0.472. The van der Waals surface area contributed by atoms with Crippen molar-refractivity contribution in [3.05, 3.63) is 95.1 Å². The molecule has 0 bridgehead atoms. The smallest absolute Gasteiger partial charge is 0.322 e. The largest absolute Gasteiger partial charge is 0.481 e. The zero-order chi connectivity index (χ0) is 22.0. The number of ether oxygens (including phenoxy) is 1. The number of carboxylic acids is 1. The van der Waals surface area contributed by atoms with Crippen LogP contribution < -0.4 is 5.73 Å². The number of benzene rings is 3. The summed E-state index contributed by atoms with van der Waals surface area (Å²) in [6, 6.07) is 22.9. The van der Waals surface area contributed by atoms with Crippen LogP contribution in [0.3, 0.4) is 0 Å². The summed E-state index contributed by atoms with van der Waals surface area (Å²) in [5.41, 5.74) is 11.2. The van der Waals surface area contributed by atoms with Crippen LogP contribution in [0.5, 0.6) is 0 Å². The van der Waals surface area contributed by atoms with E-state index in [9.17, 15) is 14.7 Å². The summed E-state index contributed by atoms with van der Waals surface area (Å²) in [7, 11) is 0. The van der Waals surface area contributed by atoms with E-state index in [4.69, 9.17) is 15.7 Å². The number of carboxylic acid groups (broad SMARTS) is 1. The lowest BCUT2D eigenvalue weighted by Crippen LogP contribution is -2.36. The van der Waals surface area contributed by atoms with E-state index in [0.29, 0.717) is 11.1 Å². The van der Waals surface area contributed by atoms with Crippen LogP contribution in [-0.4, -0.2) is 23.7 Å². The number of esters is 1. The highest BCUT2D eigenvalue weighted by Gasteiger charge is 2.37. The van der Waals surface area contributed by atoms with Crippen molar-refractivity contribution >= 4 is 11.9 Å². The number of rotatable bonds is 6. The number of fused-ring (bicyclic) bond motifs is 3. The first-order chi connectivity index (χ1) is 15.0. The third kappa shape index (κ3) is 3.79. The lowest BCUT2D eigenvalue weighted by molar-refractivity contribution is -0.160. The van der Waals surface area contributed by atoms with Gasteiger partial charge in [0.2, 0.25) is 0 Å². The van der Waals surface area contributed by atoms with Crippen LogP contribution in [0.4, 0.5) is 0 Å². The van der Waals surface area contributed by atoms with E-state index in [-0.39, 0.29) is 12.5 Å². The summed E-state index contributed by atoms with van der Waals surface area (Å²) < 4.78 is 5.50. The standard InChI is InChI=1S/C25H20N2O4/c26-13-15-9-11-16(12-10-15)23(27)22(24(28)29)25(30)31-14-21-19-7-3-1-5-17(19)18-6-2-4-8-20(18)21/h1-12,21-23H,14,27H2,(H,28,29). The Hall–Kier alpha value is -3.95. The number of nitrogens with two attached hydrogens (primary N) is 1. The maximum Gasteiger partial charge on any atom is 0.322 e. The molecule has 154 valence electrons. The number of carbonyl (C=O) groups is 2. The van der Waals surface area contributed by atoms with Crippen molar-refractivity contribution in [2.24, 2.45) is 11.7 Å². The molecular weight excluding hydrogens is 392 g/mol. The third-order valence-corrected chi connectivity index (χ3v) is 5.66. The first-order valence-electron chi connectivity index (χ1n) is 9.84. The van der Waals surface area contributed by atoms with Gasteiger partial charge in [-0.25, -0.2) is 0 Å². The molecule has 1 aliphatic rings. The van der Waals surface area contributed by atoms with Crippen LogP contribution in [0.15, 0.2) is 72.8 Å². The monoisotopic (exact) mass is 412 g/mol. The summed E-state index contributed by atoms with van der Waals surface area (Å²) in [5.74, 6) is -3.96. The molecule has 0 radical (unpaired) electrons. The summed E-state index contributed by atoms with van der Waals surface area (Å²) >= 11 is 0. The Bertz CT molecular complexity index is 1140. The Morgan fingerprint density at radius 2 is 1.52 bits per heavy atom. The van der Waals surface area contributed by atoms with Gasteiger partial charge in [-0.05, 0) is 39.9 Å². The lowest BCUT2D eigenvalue weighted by Gasteiger charge is -2.21. The summed E-state index contributed by atoms with van der Waals surface area (Å²) in [5, 5.41) is 18.6. The van der Waals surface area contributed by atoms with Crippen molar-refractivity contribution < 1.29 is 19.4 Å². The van der Waals surface area contributed by atoms with Crippen LogP contribution in [0, 0.1) is 17.2 Å². The van der Waals surface area contributed by atoms with E-state index >= 15 is 0 Å². The Labute approximate surface area is 179 Å². The molecule has 4 rings (SSSR count). The first-order valence-corrected chi connectivity index (χ1v) is 9.84. The number of nitrogens with zero attached hydrogens (tertiary/aromatic N) is 1. The van der Waals surface area contributed by atoms with Gasteiger partial charge in [0.15, 0.2) is 5.92 Å². The Balaban J connectivity index is 1.54. The molecule has 3 aromatic carbocycles. The van der Waals surface area contributed by atoms with E-state index in [0.717, 1.165) is 22.3 Å². The third-order valence-electron chi connectivity index (χ3n) is 5.66. The fraction of sp³-hybridized carbons (Fsp3) is 0.160. The van der Waals surface area contributed by atoms with E-state index in [1.54, 1.807) is 12.1 Å². The first kappa shape index (κ1) is 20.3. The Kier molecular flexibility index (Phi) is 5.52. The predicted octanol–water partition coefficient (Wildman–Crippen LogP) is 3.61. The summed E-state index contributed by atoms with van der Waals surface area (Å²) in [6.07, 6.45) is 0. The SMILES string of the molecule is N#Cc1ccc(C(N)C(C(=O)O)C(=O)OCC2c3ccccc3-c3ccccc32)cc1. The highest BCUT2D eigenvalue weighted by Crippen LogP contribution is 2.44. The van der Waals surface area contributed by atoms with Gasteiger partial charge in [-0.15, -0.1) is 0 Å². The van der Waals surface area contributed by atoms with E-state index < -0.39 is 23.9 Å². The van der Waals surface area contributed by atoms with Crippen molar-refractivity contribution in [3.63, 3.8) is 0 Å². The van der Waals surface area contributed by atoms with Gasteiger partial charge in [0.05, 0.1) is 17.7 Å². The molecule has 6 heteroatoms. The van der Waals surface area contributed by atoms with E-state index in [2.05, 4.69) is 0 Å². The molecule has 6 nitrogen and oxygen atoms in total. The van der Waals surface area contributed by atoms with Gasteiger partial charge < -0.3 is 15.6 Å². The molecule has 2 unspecified atom stereocenters. The molecule has 2 atom stereocenters. The zero-order valence-electron chi connectivity index (χ0n) is 16.6. The molecule has 0 saturated carbocycles. The van der Waals surface area contributed by atoms with Gasteiger partial charge in [0.25, 0.3) is 0 Å². The van der Waals surface area contributed by atoms with Gasteiger partial charge in [-0.2, -0.15) is 5.26 Å². The molecule has 0 aliphatic heterocycles. The Morgan fingerprint density at radius 3 is 2.03 bits per heavy atom. The van der Waals surface area contributed by atoms with E-state index in [1.165, 1.54) is 12.1 Å². The topological polar surface area (TPSA) is 113 Å². The molecule has 1 aliphatic carbocycles. The maximum atomic E-state index is 12.8. The Morgan fingerprint density at radius 1 is 0.968 bits per heavy atom. The summed E-state index contributed by atoms with van der Waals surface area (Å²) in [6.45, 7) is 0.0245. The van der Waals surface area contributed by atoms with Crippen molar-refractivity contribution in [3.8, 4) is 17.2 Å². The second kappa shape index (κ2) is 8.42. The highest BCUT2D eigenvalue weighted by atomic mass is 16.5. The molecule has 0 saturated heterocycles. The minimum atomic E-state index is -1.56. The van der Waals surface area contributed by atoms with Gasteiger partial charge in [0, 0.05) is 5.92 Å². The number of carbonyl (C=O) groups excluding carboxylic acids is 1. The van der Waals surface area contributed by atoms with Crippen LogP contribution >= 0.6 is 0 Å². The lowest BCUT2D eigenvalue weighted by atomic mass is 9.93. The van der Waals surface area contributed by atoms with Gasteiger partial charge >= 0.3 is 11.9 Å². The summed E-state index contributed by atoms with van der Waals surface area (Å²) in [4.78, 5) is 24.6. The molecule has 3 aromatic rings. The maximum absolute atomic E-state index is 12.8. The second-order valence-corrected chi connectivity index (χ2v) is 7.43. The van der Waals surface area contributed by atoms with E-state index in [1.807, 2.05) is 54.6 Å². The van der Waals surface area contributed by atoms with Gasteiger partial charge in [0.1, 0.15) is 6.61 Å². The molecule has 0 amide bonds. The van der Waals surface area contributed by atoms with Gasteiger partial charge in [-0.3, -0.25) is 9.59 Å². The van der Waals surface area contributed by atoms with Crippen LogP contribution in [0.25, 0.3) is 11.1 Å². The minimum Gasteiger partial charge on any atom is -0.481 e. The zero-order valence-corrected chi connectivity index (χ0v) is 16.6. The molecule has 0 heterocycles. The van der Waals surface area contributed by atoms with Gasteiger partial charge in [-0.1, -0.05) is 60.7 Å². The molecular formula is C25H20N2O4. The number of nitriles is 1. The number of hydrogen-bond acceptors (Lipinski definition) is 5. The highest BCUT2D eigenvalue weighted by molar-refractivity contribution is 5.95. The number of aliphatic carboxylic acids is 1. The average Bonchev–Trinajstić information content (AvgIpc) is 3.11. The van der Waals surface area contributed by atoms with Crippen molar-refractivity contribution in [2.45, 2.75) is 12.0 Å². The number of hydrogen-bond donors (Lipinski definition) is 2. The van der Waals surface area contributed by atoms with Crippen molar-refractivity contribution in [1.29, 1.82) is 5.26 Å². The van der Waals surface area contributed by atoms with Crippen LogP contribution in [0.2, 0.25) is 0 Å². The molecule has 31 heavy (non-hydrogen) atoms. The van der Waals surface area contributed by atoms with Crippen LogP contribution in [-0.2, 0) is 14.3 Å². The minimum absolute atomic E-state index is 0.0245. The fourth-order valence-electron chi connectivity index (χ4n) is 4.07. The van der Waals surface area contributed by atoms with Crippen molar-refractivity contribution in [1.82, 2.24) is 0 Å². The average molecular weight is 412 g/mol. The second-order valence-electron chi connectivity index (χ2n) is 7.43. The molecule has 0 aromatic heterocycles. The normalized spacial score (nSPS) is 14.1. The van der Waals surface area contributed by atoms with Crippen LogP contribution in [0.1, 0.15) is 34.2 Å². The van der Waals surface area contributed by atoms with Crippen molar-refractivity contribution in [2.75, 3.05) is 6.61 Å². The molecule has 0 fully saturated rings. The molecule has 3 N–H and O–H groups in total.